The van der Waals surface area contributed by atoms with Crippen LogP contribution in [0, 0.1) is 0 Å². The summed E-state index contributed by atoms with van der Waals surface area (Å²) in [5.41, 5.74) is 0. The van der Waals surface area contributed by atoms with E-state index in [0.29, 0.717) is 6.73 Å². The molecule has 3 nitrogen and oxygen atoms in total. The first-order valence-electron chi connectivity index (χ1n) is 13.7. The molecule has 0 aliphatic heterocycles. The van der Waals surface area contributed by atoms with E-state index in [0.717, 1.165) is 32.5 Å². The average Bonchev–Trinajstić information content (AvgIpc) is 2.75. The normalized spacial score (nSPS) is 12.7. The van der Waals surface area contributed by atoms with Crippen LogP contribution in [-0.2, 0) is 4.74 Å². The fourth-order valence-electron chi connectivity index (χ4n) is 4.03. The summed E-state index contributed by atoms with van der Waals surface area (Å²) in [4.78, 5) is 2.32. The van der Waals surface area contributed by atoms with Gasteiger partial charge in [-0.1, -0.05) is 124 Å². The van der Waals surface area contributed by atoms with Gasteiger partial charge in [0.1, 0.15) is 0 Å². The molecule has 0 heterocycles. The van der Waals surface area contributed by atoms with Gasteiger partial charge in [0.25, 0.3) is 0 Å². The van der Waals surface area contributed by atoms with Crippen LogP contribution in [-0.4, -0.2) is 42.5 Å². The molecule has 0 aliphatic rings. The highest BCUT2D eigenvalue weighted by Crippen LogP contribution is 2.12. The predicted octanol–water partition coefficient (Wildman–Crippen LogP) is 8.10. The maximum absolute atomic E-state index is 10.5. The van der Waals surface area contributed by atoms with Crippen LogP contribution in [0.2, 0.25) is 0 Å². The topological polar surface area (TPSA) is 32.7 Å². The highest BCUT2D eigenvalue weighted by molar-refractivity contribution is 4.63. The Bertz CT molecular complexity index is 311. The molecule has 0 rings (SSSR count). The Hall–Kier alpha value is -0.120. The van der Waals surface area contributed by atoms with Crippen LogP contribution >= 0.6 is 0 Å². The molecule has 0 aliphatic carbocycles. The van der Waals surface area contributed by atoms with E-state index in [1.165, 1.54) is 109 Å². The number of aliphatic hydroxyl groups is 1. The third kappa shape index (κ3) is 22.6. The van der Waals surface area contributed by atoms with Crippen LogP contribution in [0.1, 0.15) is 143 Å². The quantitative estimate of drug-likeness (QED) is 0.118. The predicted molar refractivity (Wildman–Crippen MR) is 133 cm³/mol. The molecule has 0 amide bonds. The van der Waals surface area contributed by atoms with Gasteiger partial charge in [0.15, 0.2) is 0 Å². The van der Waals surface area contributed by atoms with Crippen LogP contribution < -0.4 is 0 Å². The zero-order chi connectivity index (χ0) is 22.1. The minimum absolute atomic E-state index is 0.200. The smallest absolute Gasteiger partial charge is 0.0991 e. The van der Waals surface area contributed by atoms with Crippen molar-refractivity contribution in [1.29, 1.82) is 0 Å². The Morgan fingerprint density at radius 2 is 1.07 bits per heavy atom. The standard InChI is InChI=1S/C27H57NO2/c1-4-7-10-12-14-16-18-20-22-27(29)25-28(23-9-6-3)26-30-24-21-19-17-15-13-11-8-5-2/h27,29H,4-26H2,1-3H3. The molecule has 0 aromatic heterocycles. The highest BCUT2D eigenvalue weighted by Gasteiger charge is 2.11. The van der Waals surface area contributed by atoms with Crippen molar-refractivity contribution in [1.82, 2.24) is 4.90 Å². The van der Waals surface area contributed by atoms with Gasteiger partial charge in [-0.05, 0) is 19.3 Å². The molecule has 182 valence electrons. The van der Waals surface area contributed by atoms with Gasteiger partial charge in [-0.25, -0.2) is 0 Å². The van der Waals surface area contributed by atoms with Gasteiger partial charge in [-0.2, -0.15) is 0 Å². The van der Waals surface area contributed by atoms with E-state index in [1.54, 1.807) is 0 Å². The maximum atomic E-state index is 10.5. The second-order valence-electron chi connectivity index (χ2n) is 9.36. The molecule has 0 fully saturated rings. The fraction of sp³-hybridized carbons (Fsp3) is 1.00. The van der Waals surface area contributed by atoms with Crippen LogP contribution in [0.5, 0.6) is 0 Å². The van der Waals surface area contributed by atoms with E-state index in [2.05, 4.69) is 25.7 Å². The molecule has 0 aromatic rings. The maximum Gasteiger partial charge on any atom is 0.0991 e. The molecular formula is C27H57NO2. The van der Waals surface area contributed by atoms with Crippen molar-refractivity contribution in [3.05, 3.63) is 0 Å². The number of ether oxygens (including phenoxy) is 1. The first-order chi connectivity index (χ1) is 14.7. The number of unbranched alkanes of at least 4 members (excludes halogenated alkanes) is 15. The molecule has 0 saturated heterocycles. The number of rotatable bonds is 25. The lowest BCUT2D eigenvalue weighted by molar-refractivity contribution is -0.000256. The monoisotopic (exact) mass is 427 g/mol. The van der Waals surface area contributed by atoms with Crippen molar-refractivity contribution < 1.29 is 9.84 Å². The second-order valence-corrected chi connectivity index (χ2v) is 9.36. The molecule has 0 bridgehead atoms. The Labute approximate surface area is 190 Å². The third-order valence-electron chi connectivity index (χ3n) is 6.10. The summed E-state index contributed by atoms with van der Waals surface area (Å²) >= 11 is 0. The number of aliphatic hydroxyl groups excluding tert-OH is 1. The molecule has 0 saturated carbocycles. The summed E-state index contributed by atoms with van der Waals surface area (Å²) in [7, 11) is 0. The molecule has 0 radical (unpaired) electrons. The summed E-state index contributed by atoms with van der Waals surface area (Å²) in [6.45, 7) is 10.1. The molecule has 30 heavy (non-hydrogen) atoms. The summed E-state index contributed by atoms with van der Waals surface area (Å²) in [6.07, 6.45) is 24.5. The van der Waals surface area contributed by atoms with E-state index >= 15 is 0 Å². The molecule has 1 atom stereocenters. The molecule has 0 aromatic carbocycles. The minimum atomic E-state index is -0.200. The van der Waals surface area contributed by atoms with E-state index in [4.69, 9.17) is 4.74 Å². The summed E-state index contributed by atoms with van der Waals surface area (Å²) in [5.74, 6) is 0. The van der Waals surface area contributed by atoms with Crippen molar-refractivity contribution in [3.63, 3.8) is 0 Å². The van der Waals surface area contributed by atoms with E-state index in [-0.39, 0.29) is 6.10 Å². The molecule has 3 heteroatoms. The van der Waals surface area contributed by atoms with Crippen LogP contribution in [0.15, 0.2) is 0 Å². The summed E-state index contributed by atoms with van der Waals surface area (Å²) in [6, 6.07) is 0. The van der Waals surface area contributed by atoms with Crippen molar-refractivity contribution >= 4 is 0 Å². The number of nitrogens with zero attached hydrogens (tertiary/aromatic N) is 1. The Balaban J connectivity index is 3.70. The van der Waals surface area contributed by atoms with Crippen molar-refractivity contribution in [3.8, 4) is 0 Å². The van der Waals surface area contributed by atoms with Gasteiger partial charge in [-0.15, -0.1) is 0 Å². The van der Waals surface area contributed by atoms with Gasteiger partial charge in [0, 0.05) is 19.7 Å². The zero-order valence-electron chi connectivity index (χ0n) is 21.1. The Kier molecular flexibility index (Phi) is 25.0. The van der Waals surface area contributed by atoms with Crippen molar-refractivity contribution in [2.24, 2.45) is 0 Å². The number of hydrogen-bond acceptors (Lipinski definition) is 3. The Morgan fingerprint density at radius 1 is 0.600 bits per heavy atom. The van der Waals surface area contributed by atoms with E-state index < -0.39 is 0 Å². The molecule has 1 N–H and O–H groups in total. The first-order valence-corrected chi connectivity index (χ1v) is 13.7. The summed E-state index contributed by atoms with van der Waals surface area (Å²) in [5, 5.41) is 10.5. The van der Waals surface area contributed by atoms with Gasteiger partial charge >= 0.3 is 0 Å². The number of hydrogen-bond donors (Lipinski definition) is 1. The third-order valence-corrected chi connectivity index (χ3v) is 6.10. The van der Waals surface area contributed by atoms with Crippen molar-refractivity contribution in [2.45, 2.75) is 149 Å². The van der Waals surface area contributed by atoms with E-state index in [9.17, 15) is 5.11 Å². The van der Waals surface area contributed by atoms with Crippen LogP contribution in [0.3, 0.4) is 0 Å². The Morgan fingerprint density at radius 3 is 1.60 bits per heavy atom. The van der Waals surface area contributed by atoms with E-state index in [1.807, 2.05) is 0 Å². The van der Waals surface area contributed by atoms with Gasteiger partial charge in [0.2, 0.25) is 0 Å². The second kappa shape index (κ2) is 25.1. The van der Waals surface area contributed by atoms with Crippen LogP contribution in [0.25, 0.3) is 0 Å². The van der Waals surface area contributed by atoms with Crippen LogP contribution in [0.4, 0.5) is 0 Å². The summed E-state index contributed by atoms with van der Waals surface area (Å²) < 4.78 is 5.94. The fourth-order valence-corrected chi connectivity index (χ4v) is 4.03. The largest absolute Gasteiger partial charge is 0.392 e. The highest BCUT2D eigenvalue weighted by atomic mass is 16.5. The van der Waals surface area contributed by atoms with Gasteiger partial charge in [0.05, 0.1) is 12.8 Å². The average molecular weight is 428 g/mol. The minimum Gasteiger partial charge on any atom is -0.392 e. The van der Waals surface area contributed by atoms with Gasteiger partial charge in [-0.3, -0.25) is 4.90 Å². The lowest BCUT2D eigenvalue weighted by Gasteiger charge is -2.25. The van der Waals surface area contributed by atoms with Gasteiger partial charge < -0.3 is 9.84 Å². The first kappa shape index (κ1) is 29.9. The lowest BCUT2D eigenvalue weighted by Crippen LogP contribution is -2.35. The molecule has 0 spiro atoms. The zero-order valence-corrected chi connectivity index (χ0v) is 21.1. The lowest BCUT2D eigenvalue weighted by atomic mass is 10.1. The molecule has 1 unspecified atom stereocenters. The molecular weight excluding hydrogens is 370 g/mol. The van der Waals surface area contributed by atoms with Crippen molar-refractivity contribution in [2.75, 3.05) is 26.4 Å². The SMILES string of the molecule is CCCCCCCCCCOCN(CCCC)CC(O)CCCCCCCCCC.